The first-order valence-electron chi connectivity index (χ1n) is 7.70. The predicted molar refractivity (Wildman–Crippen MR) is 92.4 cm³/mol. The van der Waals surface area contributed by atoms with Crippen molar-refractivity contribution in [2.75, 3.05) is 18.5 Å². The quantitative estimate of drug-likeness (QED) is 0.881. The summed E-state index contributed by atoms with van der Waals surface area (Å²) in [4.78, 5) is 12.1. The number of rotatable bonds is 6. The van der Waals surface area contributed by atoms with E-state index in [1.165, 1.54) is 0 Å². The van der Waals surface area contributed by atoms with Gasteiger partial charge in [0.2, 0.25) is 0 Å². The van der Waals surface area contributed by atoms with Gasteiger partial charge in [0.15, 0.2) is 18.1 Å². The summed E-state index contributed by atoms with van der Waals surface area (Å²) < 4.78 is 11.0. The minimum atomic E-state index is -0.254. The number of benzene rings is 2. The van der Waals surface area contributed by atoms with Crippen LogP contribution in [0.15, 0.2) is 36.4 Å². The van der Waals surface area contributed by atoms with Gasteiger partial charge in [-0.15, -0.1) is 0 Å². The van der Waals surface area contributed by atoms with Crippen molar-refractivity contribution < 1.29 is 14.3 Å². The Labute approximate surface area is 141 Å². The van der Waals surface area contributed by atoms with Gasteiger partial charge in [-0.3, -0.25) is 4.79 Å². The van der Waals surface area contributed by atoms with E-state index < -0.39 is 0 Å². The lowest BCUT2D eigenvalue weighted by Crippen LogP contribution is -2.21. The zero-order valence-electron chi connectivity index (χ0n) is 14.1. The van der Waals surface area contributed by atoms with Gasteiger partial charge < -0.3 is 14.8 Å². The summed E-state index contributed by atoms with van der Waals surface area (Å²) >= 11 is 0. The van der Waals surface area contributed by atoms with E-state index in [2.05, 4.69) is 5.32 Å². The van der Waals surface area contributed by atoms with Crippen LogP contribution in [0.3, 0.4) is 0 Å². The smallest absolute Gasteiger partial charge is 0.262 e. The maximum Gasteiger partial charge on any atom is 0.262 e. The van der Waals surface area contributed by atoms with Gasteiger partial charge in [-0.05, 0) is 50.1 Å². The summed E-state index contributed by atoms with van der Waals surface area (Å²) in [5, 5.41) is 11.8. The molecule has 0 radical (unpaired) electrons. The van der Waals surface area contributed by atoms with Gasteiger partial charge in [-0.2, -0.15) is 5.26 Å². The Morgan fingerprint density at radius 2 is 1.92 bits per heavy atom. The highest BCUT2D eigenvalue weighted by Gasteiger charge is 2.10. The number of carbonyl (C=O) groups excluding carboxylic acids is 1. The molecule has 24 heavy (non-hydrogen) atoms. The van der Waals surface area contributed by atoms with Crippen LogP contribution in [0.1, 0.15) is 23.6 Å². The molecule has 0 spiro atoms. The molecule has 0 aliphatic carbocycles. The molecule has 0 bridgehead atoms. The van der Waals surface area contributed by atoms with Gasteiger partial charge in [0.1, 0.15) is 0 Å². The third kappa shape index (κ3) is 4.50. The topological polar surface area (TPSA) is 71.3 Å². The number of nitrogens with zero attached hydrogens (tertiary/aromatic N) is 1. The summed E-state index contributed by atoms with van der Waals surface area (Å²) in [6.07, 6.45) is 0. The van der Waals surface area contributed by atoms with Crippen molar-refractivity contribution in [3.05, 3.63) is 53.1 Å². The number of hydrogen-bond acceptors (Lipinski definition) is 4. The fraction of sp³-hybridized carbons (Fsp3) is 0.263. The van der Waals surface area contributed by atoms with Crippen molar-refractivity contribution in [1.29, 1.82) is 5.26 Å². The van der Waals surface area contributed by atoms with E-state index in [1.54, 1.807) is 18.2 Å². The number of nitrogens with one attached hydrogen (secondary N) is 1. The molecule has 0 saturated heterocycles. The summed E-state index contributed by atoms with van der Waals surface area (Å²) in [7, 11) is 0. The number of amides is 1. The second-order valence-electron chi connectivity index (χ2n) is 5.36. The largest absolute Gasteiger partial charge is 0.490 e. The van der Waals surface area contributed by atoms with E-state index in [0.717, 1.165) is 16.8 Å². The van der Waals surface area contributed by atoms with Crippen molar-refractivity contribution in [1.82, 2.24) is 0 Å². The Kier molecular flexibility index (Phi) is 5.80. The SMILES string of the molecule is CCOc1cc(C#N)ccc1OCC(=O)Nc1cc(C)ccc1C. The molecule has 0 unspecified atom stereocenters. The lowest BCUT2D eigenvalue weighted by molar-refractivity contribution is -0.118. The second kappa shape index (κ2) is 8.02. The molecule has 0 saturated carbocycles. The van der Waals surface area contributed by atoms with Crippen LogP contribution in [0.4, 0.5) is 5.69 Å². The minimum Gasteiger partial charge on any atom is -0.490 e. The van der Waals surface area contributed by atoms with Crippen LogP contribution in [0.25, 0.3) is 0 Å². The normalized spacial score (nSPS) is 9.92. The first-order valence-corrected chi connectivity index (χ1v) is 7.70. The van der Waals surface area contributed by atoms with Crippen LogP contribution in [-0.2, 0) is 4.79 Å². The maximum absolute atomic E-state index is 12.1. The molecule has 5 nitrogen and oxygen atoms in total. The van der Waals surface area contributed by atoms with E-state index in [4.69, 9.17) is 14.7 Å². The average Bonchev–Trinajstić information content (AvgIpc) is 2.57. The zero-order valence-corrected chi connectivity index (χ0v) is 14.1. The summed E-state index contributed by atoms with van der Waals surface area (Å²) in [5.41, 5.74) is 3.31. The second-order valence-corrected chi connectivity index (χ2v) is 5.36. The Morgan fingerprint density at radius 3 is 2.62 bits per heavy atom. The summed E-state index contributed by atoms with van der Waals surface area (Å²) in [5.74, 6) is 0.638. The fourth-order valence-electron chi connectivity index (χ4n) is 2.17. The molecule has 0 heterocycles. The summed E-state index contributed by atoms with van der Waals surface area (Å²) in [6, 6.07) is 12.8. The molecule has 1 amide bonds. The number of nitriles is 1. The standard InChI is InChI=1S/C19H20N2O3/c1-4-23-18-10-15(11-20)7-8-17(18)24-12-19(22)21-16-9-13(2)5-6-14(16)3/h5-10H,4,12H2,1-3H3,(H,21,22). The molecule has 124 valence electrons. The molecule has 0 fully saturated rings. The molecule has 0 aliphatic heterocycles. The molecule has 5 heteroatoms. The Bertz CT molecular complexity index is 779. The van der Waals surface area contributed by atoms with Gasteiger partial charge in [-0.1, -0.05) is 12.1 Å². The molecule has 0 aliphatic rings. The van der Waals surface area contributed by atoms with Crippen molar-refractivity contribution in [3.63, 3.8) is 0 Å². The molecule has 0 atom stereocenters. The van der Waals surface area contributed by atoms with E-state index in [1.807, 2.05) is 45.0 Å². The third-order valence-electron chi connectivity index (χ3n) is 3.40. The monoisotopic (exact) mass is 324 g/mol. The molecule has 1 N–H and O–H groups in total. The number of aryl methyl sites for hydroxylation is 2. The lowest BCUT2D eigenvalue weighted by Gasteiger charge is -2.13. The molecule has 0 aromatic heterocycles. The predicted octanol–water partition coefficient (Wildman–Crippen LogP) is 3.59. The van der Waals surface area contributed by atoms with Gasteiger partial charge in [-0.25, -0.2) is 0 Å². The first kappa shape index (κ1) is 17.4. The molecular weight excluding hydrogens is 304 g/mol. The van der Waals surface area contributed by atoms with Crippen LogP contribution in [0.2, 0.25) is 0 Å². The van der Waals surface area contributed by atoms with Gasteiger partial charge >= 0.3 is 0 Å². The highest BCUT2D eigenvalue weighted by Crippen LogP contribution is 2.28. The zero-order chi connectivity index (χ0) is 17.5. The third-order valence-corrected chi connectivity index (χ3v) is 3.40. The maximum atomic E-state index is 12.1. The van der Waals surface area contributed by atoms with Gasteiger partial charge in [0.05, 0.1) is 18.2 Å². The highest BCUT2D eigenvalue weighted by molar-refractivity contribution is 5.92. The van der Waals surface area contributed by atoms with Crippen LogP contribution in [0.5, 0.6) is 11.5 Å². The minimum absolute atomic E-state index is 0.140. The van der Waals surface area contributed by atoms with Gasteiger partial charge in [0, 0.05) is 11.8 Å². The first-order chi connectivity index (χ1) is 11.5. The van der Waals surface area contributed by atoms with Crippen LogP contribution in [0, 0.1) is 25.2 Å². The van der Waals surface area contributed by atoms with Crippen molar-refractivity contribution >= 4 is 11.6 Å². The number of ether oxygens (including phenoxy) is 2. The Hall–Kier alpha value is -3.00. The molecule has 2 aromatic rings. The molecule has 2 aromatic carbocycles. The highest BCUT2D eigenvalue weighted by atomic mass is 16.5. The van der Waals surface area contributed by atoms with E-state index in [9.17, 15) is 4.79 Å². The number of carbonyl (C=O) groups is 1. The van der Waals surface area contributed by atoms with E-state index in [0.29, 0.717) is 23.7 Å². The van der Waals surface area contributed by atoms with Crippen LogP contribution >= 0.6 is 0 Å². The van der Waals surface area contributed by atoms with Crippen LogP contribution < -0.4 is 14.8 Å². The van der Waals surface area contributed by atoms with Gasteiger partial charge in [0.25, 0.3) is 5.91 Å². The van der Waals surface area contributed by atoms with Crippen LogP contribution in [-0.4, -0.2) is 19.1 Å². The van der Waals surface area contributed by atoms with Crippen molar-refractivity contribution in [2.24, 2.45) is 0 Å². The number of anilines is 1. The average molecular weight is 324 g/mol. The van der Waals surface area contributed by atoms with E-state index >= 15 is 0 Å². The summed E-state index contributed by atoms with van der Waals surface area (Å²) in [6.45, 7) is 6.05. The Balaban J connectivity index is 2.03. The fourth-order valence-corrected chi connectivity index (χ4v) is 2.17. The number of hydrogen-bond donors (Lipinski definition) is 1. The molecular formula is C19H20N2O3. The lowest BCUT2D eigenvalue weighted by atomic mass is 10.1. The Morgan fingerprint density at radius 1 is 1.12 bits per heavy atom. The van der Waals surface area contributed by atoms with E-state index in [-0.39, 0.29) is 12.5 Å². The van der Waals surface area contributed by atoms with Crippen molar-refractivity contribution in [3.8, 4) is 17.6 Å². The van der Waals surface area contributed by atoms with Crippen molar-refractivity contribution in [2.45, 2.75) is 20.8 Å². The molecule has 2 rings (SSSR count).